The molecule has 92 valence electrons. The van der Waals surface area contributed by atoms with Crippen molar-refractivity contribution in [2.75, 3.05) is 18.8 Å². The Hall–Kier alpha value is -0.130. The third-order valence-corrected chi connectivity index (χ3v) is 4.67. The van der Waals surface area contributed by atoms with Crippen molar-refractivity contribution in [2.24, 2.45) is 5.73 Å². The number of hydrogen-bond donors (Lipinski definition) is 1. The maximum absolute atomic E-state index is 12.0. The molecule has 0 fully saturated rings. The molecule has 0 spiro atoms. The van der Waals surface area contributed by atoms with Crippen LogP contribution >= 0.6 is 0 Å². The van der Waals surface area contributed by atoms with Gasteiger partial charge in [-0.1, -0.05) is 13.8 Å². The lowest BCUT2D eigenvalue weighted by atomic mass is 10.1. The van der Waals surface area contributed by atoms with Crippen LogP contribution in [-0.4, -0.2) is 37.1 Å². The molecule has 0 aliphatic heterocycles. The molecule has 0 rings (SSSR count). The molecule has 0 unspecified atom stereocenters. The maximum Gasteiger partial charge on any atom is 0.214 e. The lowest BCUT2D eigenvalue weighted by Gasteiger charge is -2.36. The predicted octanol–water partition coefficient (Wildman–Crippen LogP) is 1.18. The largest absolute Gasteiger partial charge is 0.329 e. The number of nitrogens with two attached hydrogens (primary N) is 1. The van der Waals surface area contributed by atoms with Gasteiger partial charge in [-0.2, -0.15) is 4.31 Å². The van der Waals surface area contributed by atoms with E-state index in [1.165, 1.54) is 0 Å². The highest BCUT2D eigenvalue weighted by Crippen LogP contribution is 2.19. The highest BCUT2D eigenvalue weighted by molar-refractivity contribution is 7.89. The lowest BCUT2D eigenvalue weighted by Crippen LogP contribution is -2.53. The zero-order chi connectivity index (χ0) is 12.1. The van der Waals surface area contributed by atoms with Crippen molar-refractivity contribution < 1.29 is 8.42 Å². The Kier molecular flexibility index (Phi) is 5.77. The molecular weight excluding hydrogens is 212 g/mol. The quantitative estimate of drug-likeness (QED) is 0.722. The topological polar surface area (TPSA) is 63.4 Å². The fourth-order valence-electron chi connectivity index (χ4n) is 1.49. The number of nitrogens with zero attached hydrogens (tertiary/aromatic N) is 1. The first-order valence-corrected chi connectivity index (χ1v) is 7.13. The molecule has 0 radical (unpaired) electrons. The van der Waals surface area contributed by atoms with E-state index in [4.69, 9.17) is 5.73 Å². The van der Waals surface area contributed by atoms with Crippen molar-refractivity contribution in [2.45, 2.75) is 46.1 Å². The van der Waals surface area contributed by atoms with E-state index in [9.17, 15) is 8.42 Å². The maximum atomic E-state index is 12.0. The molecule has 0 saturated heterocycles. The molecular formula is C10H24N2O2S. The van der Waals surface area contributed by atoms with Gasteiger partial charge in [-0.3, -0.25) is 0 Å². The molecule has 15 heavy (non-hydrogen) atoms. The number of sulfonamides is 1. The van der Waals surface area contributed by atoms with Gasteiger partial charge in [-0.05, 0) is 26.7 Å². The second-order valence-electron chi connectivity index (χ2n) is 4.40. The van der Waals surface area contributed by atoms with Crippen LogP contribution < -0.4 is 5.73 Å². The average Bonchev–Trinajstić information content (AvgIpc) is 2.13. The summed E-state index contributed by atoms with van der Waals surface area (Å²) in [5.41, 5.74) is 5.14. The molecule has 2 N–H and O–H groups in total. The first kappa shape index (κ1) is 14.9. The van der Waals surface area contributed by atoms with Gasteiger partial charge in [0.15, 0.2) is 0 Å². The highest BCUT2D eigenvalue weighted by atomic mass is 32.2. The van der Waals surface area contributed by atoms with E-state index in [2.05, 4.69) is 0 Å². The normalized spacial score (nSPS) is 13.5. The molecule has 5 heteroatoms. The van der Waals surface area contributed by atoms with Crippen LogP contribution in [0.5, 0.6) is 0 Å². The SMILES string of the molecule is CCCN(C(C)(C)CN)S(=O)(=O)CCC. The van der Waals surface area contributed by atoms with Gasteiger partial charge >= 0.3 is 0 Å². The second-order valence-corrected chi connectivity index (χ2v) is 6.42. The van der Waals surface area contributed by atoms with Gasteiger partial charge in [-0.15, -0.1) is 0 Å². The predicted molar refractivity (Wildman–Crippen MR) is 64.2 cm³/mol. The third kappa shape index (κ3) is 4.09. The third-order valence-electron chi connectivity index (χ3n) is 2.40. The first-order chi connectivity index (χ1) is 6.81. The van der Waals surface area contributed by atoms with Crippen molar-refractivity contribution in [3.63, 3.8) is 0 Å². The molecule has 0 amide bonds. The van der Waals surface area contributed by atoms with E-state index in [0.29, 0.717) is 19.5 Å². The van der Waals surface area contributed by atoms with Gasteiger partial charge in [-0.25, -0.2) is 8.42 Å². The molecule has 0 aliphatic rings. The molecule has 0 aromatic carbocycles. The van der Waals surface area contributed by atoms with Gasteiger partial charge in [0.25, 0.3) is 0 Å². The van der Waals surface area contributed by atoms with Gasteiger partial charge < -0.3 is 5.73 Å². The molecule has 0 aromatic rings. The summed E-state index contributed by atoms with van der Waals surface area (Å²) >= 11 is 0. The van der Waals surface area contributed by atoms with E-state index >= 15 is 0 Å². The fourth-order valence-corrected chi connectivity index (χ4v) is 3.52. The minimum Gasteiger partial charge on any atom is -0.329 e. The van der Waals surface area contributed by atoms with Gasteiger partial charge in [0.05, 0.1) is 5.75 Å². The van der Waals surface area contributed by atoms with Crippen molar-refractivity contribution in [1.82, 2.24) is 4.31 Å². The molecule has 0 bridgehead atoms. The summed E-state index contributed by atoms with van der Waals surface area (Å²) in [5, 5.41) is 0. The smallest absolute Gasteiger partial charge is 0.214 e. The number of rotatable bonds is 7. The Morgan fingerprint density at radius 1 is 1.20 bits per heavy atom. The summed E-state index contributed by atoms with van der Waals surface area (Å²) in [7, 11) is -3.15. The minimum absolute atomic E-state index is 0.205. The molecule has 0 atom stereocenters. The Balaban J connectivity index is 4.97. The zero-order valence-corrected chi connectivity index (χ0v) is 11.1. The average molecular weight is 236 g/mol. The Labute approximate surface area is 93.9 Å². The van der Waals surface area contributed by atoms with E-state index in [0.717, 1.165) is 6.42 Å². The Morgan fingerprint density at radius 2 is 1.73 bits per heavy atom. The van der Waals surface area contributed by atoms with E-state index in [1.807, 2.05) is 27.7 Å². The molecule has 0 aliphatic carbocycles. The van der Waals surface area contributed by atoms with Crippen LogP contribution in [0.25, 0.3) is 0 Å². The van der Waals surface area contributed by atoms with Crippen LogP contribution in [0, 0.1) is 0 Å². The second kappa shape index (κ2) is 5.82. The summed E-state index contributed by atoms with van der Waals surface area (Å²) in [4.78, 5) is 0. The lowest BCUT2D eigenvalue weighted by molar-refractivity contribution is 0.235. The van der Waals surface area contributed by atoms with Crippen molar-refractivity contribution in [3.05, 3.63) is 0 Å². The monoisotopic (exact) mass is 236 g/mol. The highest BCUT2D eigenvalue weighted by Gasteiger charge is 2.33. The standard InChI is InChI=1S/C10H24N2O2S/c1-5-7-12(10(3,4)9-11)15(13,14)8-6-2/h5-9,11H2,1-4H3. The van der Waals surface area contributed by atoms with Crippen LogP contribution in [0.3, 0.4) is 0 Å². The van der Waals surface area contributed by atoms with E-state index < -0.39 is 15.6 Å². The first-order valence-electron chi connectivity index (χ1n) is 5.52. The summed E-state index contributed by atoms with van der Waals surface area (Å²) in [5.74, 6) is 0.205. The summed E-state index contributed by atoms with van der Waals surface area (Å²) in [6.07, 6.45) is 1.45. The zero-order valence-electron chi connectivity index (χ0n) is 10.3. The Bertz CT molecular complexity index is 273. The van der Waals surface area contributed by atoms with Crippen molar-refractivity contribution in [1.29, 1.82) is 0 Å². The van der Waals surface area contributed by atoms with Gasteiger partial charge in [0.1, 0.15) is 0 Å². The minimum atomic E-state index is -3.15. The van der Waals surface area contributed by atoms with Crippen LogP contribution in [-0.2, 0) is 10.0 Å². The molecule has 0 heterocycles. The fraction of sp³-hybridized carbons (Fsp3) is 1.00. The molecule has 0 aromatic heterocycles. The summed E-state index contributed by atoms with van der Waals surface area (Å²) in [6.45, 7) is 8.48. The van der Waals surface area contributed by atoms with Crippen LogP contribution in [0.2, 0.25) is 0 Å². The van der Waals surface area contributed by atoms with Crippen LogP contribution in [0.4, 0.5) is 0 Å². The molecule has 0 saturated carbocycles. The van der Waals surface area contributed by atoms with E-state index in [-0.39, 0.29) is 5.75 Å². The van der Waals surface area contributed by atoms with Crippen molar-refractivity contribution in [3.8, 4) is 0 Å². The summed E-state index contributed by atoms with van der Waals surface area (Å²) in [6, 6.07) is 0. The molecule has 4 nitrogen and oxygen atoms in total. The van der Waals surface area contributed by atoms with Crippen molar-refractivity contribution >= 4 is 10.0 Å². The van der Waals surface area contributed by atoms with Crippen LogP contribution in [0.1, 0.15) is 40.5 Å². The number of hydrogen-bond acceptors (Lipinski definition) is 3. The Morgan fingerprint density at radius 3 is 2.07 bits per heavy atom. The van der Waals surface area contributed by atoms with Gasteiger partial charge in [0.2, 0.25) is 10.0 Å². The van der Waals surface area contributed by atoms with Crippen LogP contribution in [0.15, 0.2) is 0 Å². The summed E-state index contributed by atoms with van der Waals surface area (Å²) < 4.78 is 25.5. The van der Waals surface area contributed by atoms with Gasteiger partial charge in [0, 0.05) is 18.6 Å². The van der Waals surface area contributed by atoms with E-state index in [1.54, 1.807) is 4.31 Å².